The van der Waals surface area contributed by atoms with E-state index in [2.05, 4.69) is 0 Å². The molecule has 0 atom stereocenters. The Bertz CT molecular complexity index is 331. The van der Waals surface area contributed by atoms with Crippen LogP contribution >= 0.6 is 0 Å². The largest absolute Gasteiger partial charge is 1.00 e. The minimum atomic E-state index is -1.51. The normalized spacial score (nSPS) is 8.92. The predicted molar refractivity (Wildman–Crippen MR) is 68.2 cm³/mol. The van der Waals surface area contributed by atoms with Crippen LogP contribution in [0.2, 0.25) is 0 Å². The van der Waals surface area contributed by atoms with Gasteiger partial charge >= 0.3 is 71.1 Å². The van der Waals surface area contributed by atoms with E-state index in [-0.39, 0.29) is 84.5 Å². The predicted octanol–water partition coefficient (Wildman–Crippen LogP) is -10.4. The molecule has 24 heavy (non-hydrogen) atoms. The summed E-state index contributed by atoms with van der Waals surface area (Å²) in [5, 5.41) is 38.0. The van der Waals surface area contributed by atoms with Gasteiger partial charge in [0.15, 0.2) is 0 Å². The van der Waals surface area contributed by atoms with Crippen molar-refractivity contribution in [3.8, 4) is 0 Å². The van der Waals surface area contributed by atoms with Crippen LogP contribution in [0.4, 0.5) is 0 Å². The third-order valence-electron chi connectivity index (χ3n) is 2.16. The average molecular weight is 370 g/mol. The molecule has 0 aromatic carbocycles. The van der Waals surface area contributed by atoms with Crippen LogP contribution in [-0.4, -0.2) is 83.2 Å². The van der Waals surface area contributed by atoms with Gasteiger partial charge in [0.05, 0.1) is 25.0 Å². The van der Waals surface area contributed by atoms with E-state index in [1.807, 2.05) is 0 Å². The Hall–Kier alpha value is -0.280. The van der Waals surface area contributed by atoms with Crippen molar-refractivity contribution in [3.05, 3.63) is 0 Å². The number of carboxylic acid groups (broad SMARTS) is 4. The summed E-state index contributed by atoms with van der Waals surface area (Å²) in [6, 6.07) is 0. The van der Waals surface area contributed by atoms with Gasteiger partial charge < -0.3 is 42.3 Å². The van der Waals surface area contributed by atoms with Crippen LogP contribution in [0.15, 0.2) is 0 Å². The standard InChI is InChI=1S/C10H16N2O8.2H3N.2Na/c13-7(14)3-11(4-8(15)16)1-2-12(5-9(17)18)6-10(19)20;;;;/h1-6H2,(H,13,14)(H,15,16)(H,17,18)(H,19,20);2*1H3;;/q;;;2*+1/p-2. The second kappa shape index (κ2) is 19.1. The monoisotopic (exact) mass is 370 g/mol. The van der Waals surface area contributed by atoms with Crippen LogP contribution in [0, 0.1) is 0 Å². The van der Waals surface area contributed by atoms with Gasteiger partial charge in [-0.05, 0) is 0 Å². The Kier molecular flexibility index (Phi) is 27.7. The maximum atomic E-state index is 10.5. The first-order valence-electron chi connectivity index (χ1n) is 5.48. The van der Waals surface area contributed by atoms with E-state index >= 15 is 0 Å². The summed E-state index contributed by atoms with van der Waals surface area (Å²) in [6.45, 7) is -2.75. The molecule has 12 nitrogen and oxygen atoms in total. The van der Waals surface area contributed by atoms with Crippen molar-refractivity contribution in [2.24, 2.45) is 0 Å². The van der Waals surface area contributed by atoms with Crippen molar-refractivity contribution in [1.29, 1.82) is 0 Å². The fourth-order valence-corrected chi connectivity index (χ4v) is 1.46. The fraction of sp³-hybridized carbons (Fsp3) is 0.600. The van der Waals surface area contributed by atoms with E-state index in [4.69, 9.17) is 10.2 Å². The fourth-order valence-electron chi connectivity index (χ4n) is 1.46. The molecule has 130 valence electrons. The zero-order valence-electron chi connectivity index (χ0n) is 13.9. The zero-order chi connectivity index (χ0) is 15.7. The van der Waals surface area contributed by atoms with Crippen molar-refractivity contribution in [2.45, 2.75) is 0 Å². The van der Waals surface area contributed by atoms with Crippen LogP contribution in [-0.2, 0) is 19.2 Å². The number of rotatable bonds is 11. The molecule has 0 bridgehead atoms. The summed E-state index contributed by atoms with van der Waals surface area (Å²) in [4.78, 5) is 43.9. The molecule has 8 N–H and O–H groups in total. The number of aliphatic carboxylic acids is 4. The summed E-state index contributed by atoms with van der Waals surface area (Å²) in [5.41, 5.74) is 0. The van der Waals surface area contributed by atoms with Gasteiger partial charge in [0.25, 0.3) is 0 Å². The maximum absolute atomic E-state index is 10.5. The third-order valence-corrected chi connectivity index (χ3v) is 2.16. The number of carbonyl (C=O) groups excluding carboxylic acids is 2. The maximum Gasteiger partial charge on any atom is 1.00 e. The molecule has 0 aliphatic rings. The molecule has 0 aromatic rings. The van der Waals surface area contributed by atoms with Crippen molar-refractivity contribution in [2.75, 3.05) is 39.3 Å². The minimum absolute atomic E-state index is 0. The summed E-state index contributed by atoms with van der Waals surface area (Å²) >= 11 is 0. The molecule has 0 radical (unpaired) electrons. The van der Waals surface area contributed by atoms with Gasteiger partial charge in [0, 0.05) is 26.2 Å². The Morgan fingerprint density at radius 3 is 1.12 bits per heavy atom. The van der Waals surface area contributed by atoms with Crippen LogP contribution in [0.1, 0.15) is 0 Å². The summed E-state index contributed by atoms with van der Waals surface area (Å²) in [7, 11) is 0. The molecule has 0 aromatic heterocycles. The molecule has 0 aliphatic carbocycles. The first kappa shape index (κ1) is 34.9. The second-order valence-electron chi connectivity index (χ2n) is 3.95. The Morgan fingerprint density at radius 1 is 0.667 bits per heavy atom. The molecule has 0 saturated heterocycles. The summed E-state index contributed by atoms with van der Waals surface area (Å²) in [5.74, 6) is -5.52. The van der Waals surface area contributed by atoms with Crippen LogP contribution < -0.4 is 81.6 Å². The molecular formula is C10H20N4Na2O8. The smallest absolute Gasteiger partial charge is 0.549 e. The molecule has 0 amide bonds. The van der Waals surface area contributed by atoms with E-state index < -0.39 is 50.1 Å². The molecular weight excluding hydrogens is 350 g/mol. The van der Waals surface area contributed by atoms with E-state index in [1.165, 1.54) is 0 Å². The molecule has 0 fully saturated rings. The van der Waals surface area contributed by atoms with E-state index in [1.54, 1.807) is 0 Å². The molecule has 0 saturated carbocycles. The van der Waals surface area contributed by atoms with Crippen molar-refractivity contribution < 1.29 is 98.7 Å². The first-order valence-corrected chi connectivity index (χ1v) is 5.48. The van der Waals surface area contributed by atoms with Gasteiger partial charge in [-0.25, -0.2) is 0 Å². The van der Waals surface area contributed by atoms with Crippen LogP contribution in [0.3, 0.4) is 0 Å². The number of hydrogen-bond acceptors (Lipinski definition) is 10. The Labute approximate surface area is 182 Å². The zero-order valence-corrected chi connectivity index (χ0v) is 17.9. The third kappa shape index (κ3) is 21.7. The quantitative estimate of drug-likeness (QED) is 0.248. The van der Waals surface area contributed by atoms with Gasteiger partial charge in [-0.1, -0.05) is 0 Å². The van der Waals surface area contributed by atoms with E-state index in [0.29, 0.717) is 0 Å². The van der Waals surface area contributed by atoms with Crippen molar-refractivity contribution in [1.82, 2.24) is 22.1 Å². The van der Waals surface area contributed by atoms with E-state index in [9.17, 15) is 29.4 Å². The van der Waals surface area contributed by atoms with Gasteiger partial charge in [-0.2, -0.15) is 0 Å². The topological polar surface area (TPSA) is 231 Å². The number of nitrogens with zero attached hydrogens (tertiary/aromatic N) is 2. The van der Waals surface area contributed by atoms with Crippen LogP contribution in [0.5, 0.6) is 0 Å². The minimum Gasteiger partial charge on any atom is -0.549 e. The van der Waals surface area contributed by atoms with Gasteiger partial charge in [0.1, 0.15) is 0 Å². The molecule has 0 aliphatic heterocycles. The number of carbonyl (C=O) groups is 4. The van der Waals surface area contributed by atoms with Gasteiger partial charge in [-0.15, -0.1) is 0 Å². The summed E-state index contributed by atoms with van der Waals surface area (Å²) < 4.78 is 0. The number of hydrogen-bond donors (Lipinski definition) is 4. The Balaban J connectivity index is -0.000000301. The van der Waals surface area contributed by atoms with Gasteiger partial charge in [0.2, 0.25) is 0 Å². The van der Waals surface area contributed by atoms with Gasteiger partial charge in [-0.3, -0.25) is 19.4 Å². The molecule has 0 rings (SSSR count). The first-order chi connectivity index (χ1) is 9.20. The van der Waals surface area contributed by atoms with Crippen molar-refractivity contribution in [3.63, 3.8) is 0 Å². The molecule has 0 spiro atoms. The molecule has 14 heteroatoms. The molecule has 0 heterocycles. The Morgan fingerprint density at radius 2 is 0.917 bits per heavy atom. The number of carboxylic acids is 4. The second-order valence-corrected chi connectivity index (χ2v) is 3.95. The summed E-state index contributed by atoms with van der Waals surface area (Å²) in [6.07, 6.45) is 0. The average Bonchev–Trinajstić information content (AvgIpc) is 2.22. The van der Waals surface area contributed by atoms with E-state index in [0.717, 1.165) is 9.80 Å². The van der Waals surface area contributed by atoms with Crippen LogP contribution in [0.25, 0.3) is 0 Å². The van der Waals surface area contributed by atoms with Crippen molar-refractivity contribution >= 4 is 23.9 Å². The SMILES string of the molecule is N.N.O=C([O-])CN(CCN(CC(=O)O)CC(=O)O)CC(=O)[O-].[Na+].[Na+]. The molecule has 0 unspecified atom stereocenters.